The minimum atomic E-state index is -3.68. The molecule has 0 amide bonds. The summed E-state index contributed by atoms with van der Waals surface area (Å²) in [5.41, 5.74) is 2.57. The Hall–Kier alpha value is -3.38. The predicted octanol–water partition coefficient (Wildman–Crippen LogP) is 4.40. The summed E-state index contributed by atoms with van der Waals surface area (Å²) < 4.78 is 27.3. The Bertz CT molecular complexity index is 1100. The van der Waals surface area contributed by atoms with Gasteiger partial charge in [-0.05, 0) is 67.1 Å². The third-order valence-corrected chi connectivity index (χ3v) is 5.47. The number of phenolic OH excluding ortho intramolecular Hbond substituents is 1. The standard InChI is InChI=1S/C22H19NO4S/c1-16-2-13-21(14-3-16)28(26,27)23-19-9-7-18(8-10-19)22(25)15-6-17-4-11-20(24)12-5-17/h2-15,23-24H,1H3. The van der Waals surface area contributed by atoms with E-state index in [-0.39, 0.29) is 16.4 Å². The molecule has 3 aromatic carbocycles. The van der Waals surface area contributed by atoms with Gasteiger partial charge in [0, 0.05) is 11.3 Å². The van der Waals surface area contributed by atoms with Gasteiger partial charge in [-0.2, -0.15) is 0 Å². The number of allylic oxidation sites excluding steroid dienone is 1. The average Bonchev–Trinajstić information content (AvgIpc) is 2.68. The highest BCUT2D eigenvalue weighted by molar-refractivity contribution is 7.92. The number of aryl methyl sites for hydroxylation is 1. The SMILES string of the molecule is Cc1ccc(S(=O)(=O)Nc2ccc(C(=O)C=Cc3ccc(O)cc3)cc2)cc1. The lowest BCUT2D eigenvalue weighted by atomic mass is 10.1. The summed E-state index contributed by atoms with van der Waals surface area (Å²) >= 11 is 0. The van der Waals surface area contributed by atoms with Gasteiger partial charge in [-0.25, -0.2) is 8.42 Å². The number of aromatic hydroxyl groups is 1. The van der Waals surface area contributed by atoms with Crippen LogP contribution in [-0.2, 0) is 10.0 Å². The van der Waals surface area contributed by atoms with Gasteiger partial charge in [0.1, 0.15) is 5.75 Å². The summed E-state index contributed by atoms with van der Waals surface area (Å²) in [7, 11) is -3.68. The summed E-state index contributed by atoms with van der Waals surface area (Å²) in [5.74, 6) is -0.0480. The molecule has 28 heavy (non-hydrogen) atoms. The first-order chi connectivity index (χ1) is 13.3. The molecule has 5 nitrogen and oxygen atoms in total. The van der Waals surface area contributed by atoms with Crippen molar-refractivity contribution >= 4 is 27.6 Å². The number of benzene rings is 3. The molecule has 0 unspecified atom stereocenters. The summed E-state index contributed by atoms with van der Waals surface area (Å²) in [5, 5.41) is 9.26. The van der Waals surface area contributed by atoms with Gasteiger partial charge in [-0.3, -0.25) is 9.52 Å². The molecule has 0 spiro atoms. The highest BCUT2D eigenvalue weighted by atomic mass is 32.2. The van der Waals surface area contributed by atoms with Gasteiger partial charge < -0.3 is 5.11 Å². The van der Waals surface area contributed by atoms with Gasteiger partial charge in [0.2, 0.25) is 0 Å². The molecule has 0 aromatic heterocycles. The molecule has 0 aliphatic carbocycles. The van der Waals surface area contributed by atoms with Crippen LogP contribution in [0.15, 0.2) is 83.8 Å². The first kappa shape index (κ1) is 19.4. The molecule has 0 saturated carbocycles. The number of anilines is 1. The Morgan fingerprint density at radius 3 is 2.11 bits per heavy atom. The van der Waals surface area contributed by atoms with Crippen molar-refractivity contribution < 1.29 is 18.3 Å². The van der Waals surface area contributed by atoms with E-state index in [1.807, 2.05) is 6.92 Å². The normalized spacial score (nSPS) is 11.5. The van der Waals surface area contributed by atoms with E-state index in [0.29, 0.717) is 11.3 Å². The minimum absolute atomic E-state index is 0.159. The second-order valence-corrected chi connectivity index (χ2v) is 7.97. The largest absolute Gasteiger partial charge is 0.508 e. The van der Waals surface area contributed by atoms with Gasteiger partial charge in [-0.15, -0.1) is 0 Å². The quantitative estimate of drug-likeness (QED) is 0.480. The lowest BCUT2D eigenvalue weighted by molar-refractivity contribution is 0.104. The fraction of sp³-hybridized carbons (Fsp3) is 0.0455. The van der Waals surface area contributed by atoms with E-state index in [4.69, 9.17) is 0 Å². The first-order valence-corrected chi connectivity index (χ1v) is 10.0. The van der Waals surface area contributed by atoms with Crippen LogP contribution in [0.1, 0.15) is 21.5 Å². The molecular formula is C22H19NO4S. The molecule has 0 aliphatic heterocycles. The first-order valence-electron chi connectivity index (χ1n) is 8.54. The van der Waals surface area contributed by atoms with Gasteiger partial charge in [0.15, 0.2) is 5.78 Å². The van der Waals surface area contributed by atoms with Crippen LogP contribution in [0.3, 0.4) is 0 Å². The van der Waals surface area contributed by atoms with Crippen molar-refractivity contribution in [1.82, 2.24) is 0 Å². The smallest absolute Gasteiger partial charge is 0.261 e. The number of nitrogens with one attached hydrogen (secondary N) is 1. The van der Waals surface area contributed by atoms with Crippen LogP contribution in [0.25, 0.3) is 6.08 Å². The topological polar surface area (TPSA) is 83.5 Å². The Morgan fingerprint density at radius 1 is 0.893 bits per heavy atom. The summed E-state index contributed by atoms with van der Waals surface area (Å²) in [6.07, 6.45) is 3.08. The second kappa shape index (κ2) is 8.10. The third-order valence-electron chi connectivity index (χ3n) is 4.07. The van der Waals surface area contributed by atoms with Gasteiger partial charge in [0.25, 0.3) is 10.0 Å². The summed E-state index contributed by atoms with van der Waals surface area (Å²) in [6, 6.07) is 19.3. The van der Waals surface area contributed by atoms with Crippen molar-refractivity contribution in [2.45, 2.75) is 11.8 Å². The lowest BCUT2D eigenvalue weighted by Gasteiger charge is -2.08. The van der Waals surface area contributed by atoms with E-state index in [1.165, 1.54) is 6.08 Å². The second-order valence-electron chi connectivity index (χ2n) is 6.29. The Labute approximate surface area is 164 Å². The zero-order valence-corrected chi connectivity index (χ0v) is 16.0. The molecular weight excluding hydrogens is 374 g/mol. The zero-order valence-electron chi connectivity index (χ0n) is 15.2. The van der Waals surface area contributed by atoms with Gasteiger partial charge >= 0.3 is 0 Å². The summed E-state index contributed by atoms with van der Waals surface area (Å²) in [4.78, 5) is 12.4. The Kier molecular flexibility index (Phi) is 5.61. The molecule has 0 fully saturated rings. The average molecular weight is 393 g/mol. The fourth-order valence-corrected chi connectivity index (χ4v) is 3.55. The number of ketones is 1. The van der Waals surface area contributed by atoms with Crippen LogP contribution >= 0.6 is 0 Å². The fourth-order valence-electron chi connectivity index (χ4n) is 2.49. The summed E-state index contributed by atoms with van der Waals surface area (Å²) in [6.45, 7) is 1.88. The molecule has 2 N–H and O–H groups in total. The van der Waals surface area contributed by atoms with Crippen molar-refractivity contribution in [3.63, 3.8) is 0 Å². The monoisotopic (exact) mass is 393 g/mol. The molecule has 0 radical (unpaired) electrons. The zero-order chi connectivity index (χ0) is 20.1. The maximum Gasteiger partial charge on any atom is 0.261 e. The third kappa shape index (κ3) is 4.86. The van der Waals surface area contributed by atoms with Crippen molar-refractivity contribution in [1.29, 1.82) is 0 Å². The molecule has 3 rings (SSSR count). The number of hydrogen-bond donors (Lipinski definition) is 2. The molecule has 0 saturated heterocycles. The number of carbonyl (C=O) groups is 1. The van der Waals surface area contributed by atoms with Crippen LogP contribution in [0, 0.1) is 6.92 Å². The molecule has 0 atom stereocenters. The van der Waals surface area contributed by atoms with Crippen molar-refractivity contribution in [2.75, 3.05) is 4.72 Å². The maximum absolute atomic E-state index is 12.4. The molecule has 3 aromatic rings. The van der Waals surface area contributed by atoms with Crippen molar-refractivity contribution in [2.24, 2.45) is 0 Å². The lowest BCUT2D eigenvalue weighted by Crippen LogP contribution is -2.13. The van der Waals surface area contributed by atoms with E-state index in [2.05, 4.69) is 4.72 Å². The molecule has 0 bridgehead atoms. The van der Waals surface area contributed by atoms with Gasteiger partial charge in [-0.1, -0.05) is 35.9 Å². The van der Waals surface area contributed by atoms with Crippen molar-refractivity contribution in [3.05, 3.63) is 95.6 Å². The van der Waals surface area contributed by atoms with E-state index >= 15 is 0 Å². The van der Waals surface area contributed by atoms with Crippen LogP contribution < -0.4 is 4.72 Å². The predicted molar refractivity (Wildman–Crippen MR) is 110 cm³/mol. The Morgan fingerprint density at radius 2 is 1.50 bits per heavy atom. The molecule has 142 valence electrons. The highest BCUT2D eigenvalue weighted by Gasteiger charge is 2.14. The minimum Gasteiger partial charge on any atom is -0.508 e. The van der Waals surface area contributed by atoms with Crippen LogP contribution in [-0.4, -0.2) is 19.3 Å². The van der Waals surface area contributed by atoms with Crippen molar-refractivity contribution in [3.8, 4) is 5.75 Å². The number of rotatable bonds is 6. The number of sulfonamides is 1. The van der Waals surface area contributed by atoms with Crippen LogP contribution in [0.2, 0.25) is 0 Å². The Balaban J connectivity index is 1.69. The van der Waals surface area contributed by atoms with E-state index in [1.54, 1.807) is 78.9 Å². The molecule has 6 heteroatoms. The van der Waals surface area contributed by atoms with Crippen LogP contribution in [0.4, 0.5) is 5.69 Å². The highest BCUT2D eigenvalue weighted by Crippen LogP contribution is 2.18. The van der Waals surface area contributed by atoms with E-state index in [0.717, 1.165) is 11.1 Å². The van der Waals surface area contributed by atoms with E-state index in [9.17, 15) is 18.3 Å². The molecule has 0 aliphatic rings. The van der Waals surface area contributed by atoms with Crippen LogP contribution in [0.5, 0.6) is 5.75 Å². The van der Waals surface area contributed by atoms with E-state index < -0.39 is 10.0 Å². The van der Waals surface area contributed by atoms with Gasteiger partial charge in [0.05, 0.1) is 4.90 Å². The number of hydrogen-bond acceptors (Lipinski definition) is 4. The number of carbonyl (C=O) groups excluding carboxylic acids is 1. The number of phenols is 1. The molecule has 0 heterocycles. The maximum atomic E-state index is 12.4.